The zero-order chi connectivity index (χ0) is 6.91. The van der Waals surface area contributed by atoms with Gasteiger partial charge < -0.3 is 10.2 Å². The van der Waals surface area contributed by atoms with Gasteiger partial charge in [-0.25, -0.2) is 0 Å². The molecule has 1 N–H and O–H groups in total. The van der Waals surface area contributed by atoms with Gasteiger partial charge in [0.25, 0.3) is 0 Å². The Hall–Kier alpha value is -0.940. The van der Waals surface area contributed by atoms with E-state index in [1.165, 1.54) is 0 Å². The fourth-order valence-corrected chi connectivity index (χ4v) is 0.382. The maximum Gasteiger partial charge on any atom is 0.452 e. The minimum Gasteiger partial charge on any atom is -0.372 e. The van der Waals surface area contributed by atoms with E-state index in [1.54, 1.807) is 0 Å². The lowest BCUT2D eigenvalue weighted by atomic mass is 10.6. The van der Waals surface area contributed by atoms with Crippen molar-refractivity contribution in [3.8, 4) is 0 Å². The Kier molecular flexibility index (Phi) is 1.22. The van der Waals surface area contributed by atoms with Crippen molar-refractivity contribution in [2.45, 2.75) is 6.18 Å². The van der Waals surface area contributed by atoms with Crippen molar-refractivity contribution in [1.82, 2.24) is 5.32 Å². The van der Waals surface area contributed by atoms with Gasteiger partial charge in [-0.2, -0.15) is 13.2 Å². The average molecular weight is 140 g/mol. The average Bonchev–Trinajstić information content (AvgIpc) is 2.08. The van der Waals surface area contributed by atoms with E-state index in [9.17, 15) is 13.2 Å². The lowest BCUT2D eigenvalue weighted by Gasteiger charge is -2.01. The van der Waals surface area contributed by atoms with Gasteiger partial charge in [-0.3, -0.25) is 0 Å². The number of nitrogens with zero attached hydrogens (tertiary/aromatic N) is 1. The minimum atomic E-state index is -4.41. The zero-order valence-corrected chi connectivity index (χ0v) is 4.20. The van der Waals surface area contributed by atoms with Crippen LogP contribution >= 0.6 is 0 Å². The highest BCUT2D eigenvalue weighted by atomic mass is 19.4. The second-order valence-corrected chi connectivity index (χ2v) is 1.39. The largest absolute Gasteiger partial charge is 0.452 e. The third-order valence-electron chi connectivity index (χ3n) is 0.729. The number of nitrogens with one attached hydrogen (secondary N) is 1. The van der Waals surface area contributed by atoms with Crippen LogP contribution in [0.4, 0.5) is 13.2 Å². The fraction of sp³-hybridized carbons (Fsp3) is 0.667. The fourth-order valence-electron chi connectivity index (χ4n) is 0.382. The first-order valence-corrected chi connectivity index (χ1v) is 2.12. The van der Waals surface area contributed by atoms with Gasteiger partial charge in [0.15, 0.2) is 6.73 Å². The second kappa shape index (κ2) is 1.78. The van der Waals surface area contributed by atoms with Crippen LogP contribution in [-0.2, 0) is 4.84 Å². The molecule has 0 atom stereocenters. The number of hydrogen-bond donors (Lipinski definition) is 1. The first kappa shape index (κ1) is 6.18. The highest BCUT2D eigenvalue weighted by molar-refractivity contribution is 5.87. The maximum atomic E-state index is 11.5. The quantitative estimate of drug-likeness (QED) is 0.529. The van der Waals surface area contributed by atoms with Crippen molar-refractivity contribution >= 4 is 5.84 Å². The molecule has 0 amide bonds. The van der Waals surface area contributed by atoms with Gasteiger partial charge in [0.05, 0.1) is 0 Å². The predicted octanol–water partition coefficient (Wildman–Crippen LogP) is 0.439. The molecule has 3 nitrogen and oxygen atoms in total. The summed E-state index contributed by atoms with van der Waals surface area (Å²) in [5, 5.41) is 4.59. The molecule has 0 aromatic carbocycles. The van der Waals surface area contributed by atoms with E-state index in [0.717, 1.165) is 0 Å². The first-order chi connectivity index (χ1) is 4.11. The molecule has 0 aliphatic carbocycles. The highest BCUT2D eigenvalue weighted by Gasteiger charge is 2.38. The summed E-state index contributed by atoms with van der Waals surface area (Å²) in [7, 11) is 0. The van der Waals surface area contributed by atoms with Crippen LogP contribution in [0.2, 0.25) is 0 Å². The monoisotopic (exact) mass is 140 g/mol. The summed E-state index contributed by atoms with van der Waals surface area (Å²) in [6.45, 7) is -0.200. The molecule has 0 fully saturated rings. The maximum absolute atomic E-state index is 11.5. The Morgan fingerprint density at radius 2 is 2.22 bits per heavy atom. The van der Waals surface area contributed by atoms with Crippen molar-refractivity contribution < 1.29 is 18.0 Å². The molecule has 1 aliphatic rings. The van der Waals surface area contributed by atoms with Crippen molar-refractivity contribution in [2.24, 2.45) is 5.16 Å². The van der Waals surface area contributed by atoms with E-state index in [-0.39, 0.29) is 6.73 Å². The molecule has 0 aromatic heterocycles. The third kappa shape index (κ3) is 1.24. The van der Waals surface area contributed by atoms with Gasteiger partial charge in [-0.1, -0.05) is 5.16 Å². The zero-order valence-electron chi connectivity index (χ0n) is 4.20. The van der Waals surface area contributed by atoms with Gasteiger partial charge in [0.2, 0.25) is 5.84 Å². The van der Waals surface area contributed by atoms with Gasteiger partial charge in [0.1, 0.15) is 0 Å². The molecule has 0 radical (unpaired) electrons. The molecule has 0 bridgehead atoms. The van der Waals surface area contributed by atoms with Crippen LogP contribution in [0.1, 0.15) is 0 Å². The second-order valence-electron chi connectivity index (χ2n) is 1.39. The van der Waals surface area contributed by atoms with Crippen LogP contribution in [0.25, 0.3) is 0 Å². The Balaban J connectivity index is 2.61. The standard InChI is InChI=1S/C3H3F3N2O/c4-3(5,6)2-7-1-9-8-2/h1H2,(H,7,8). The van der Waals surface area contributed by atoms with E-state index >= 15 is 0 Å². The molecule has 0 spiro atoms. The van der Waals surface area contributed by atoms with E-state index < -0.39 is 12.0 Å². The number of amidine groups is 1. The summed E-state index contributed by atoms with van der Waals surface area (Å²) < 4.78 is 34.5. The van der Waals surface area contributed by atoms with Crippen molar-refractivity contribution in [1.29, 1.82) is 0 Å². The molecule has 52 valence electrons. The summed E-state index contributed by atoms with van der Waals surface area (Å²) >= 11 is 0. The van der Waals surface area contributed by atoms with Gasteiger partial charge in [0, 0.05) is 0 Å². The minimum absolute atomic E-state index is 0.200. The van der Waals surface area contributed by atoms with E-state index in [0.29, 0.717) is 0 Å². The highest BCUT2D eigenvalue weighted by Crippen LogP contribution is 2.17. The van der Waals surface area contributed by atoms with Crippen LogP contribution < -0.4 is 5.32 Å². The topological polar surface area (TPSA) is 33.6 Å². The van der Waals surface area contributed by atoms with E-state index in [2.05, 4.69) is 9.99 Å². The molecule has 0 saturated carbocycles. The molecule has 0 unspecified atom stereocenters. The molecule has 1 rings (SSSR count). The number of halogens is 3. The molecular formula is C3H3F3N2O. The summed E-state index contributed by atoms with van der Waals surface area (Å²) in [4.78, 5) is 4.04. The number of alkyl halides is 3. The molecular weight excluding hydrogens is 137 g/mol. The van der Waals surface area contributed by atoms with Gasteiger partial charge >= 0.3 is 6.18 Å². The van der Waals surface area contributed by atoms with Crippen LogP contribution in [0.3, 0.4) is 0 Å². The summed E-state index contributed by atoms with van der Waals surface area (Å²) in [5.41, 5.74) is 0. The van der Waals surface area contributed by atoms with E-state index in [1.807, 2.05) is 5.32 Å². The SMILES string of the molecule is FC(F)(F)C1=NOCN1. The molecule has 6 heteroatoms. The Morgan fingerprint density at radius 3 is 2.44 bits per heavy atom. The summed E-state index contributed by atoms with van der Waals surface area (Å²) in [6, 6.07) is 0. The molecule has 0 aromatic rings. The van der Waals surface area contributed by atoms with Crippen molar-refractivity contribution in [3.63, 3.8) is 0 Å². The van der Waals surface area contributed by atoms with Crippen LogP contribution in [0.5, 0.6) is 0 Å². The summed E-state index contributed by atoms with van der Waals surface area (Å²) in [6.07, 6.45) is -4.41. The van der Waals surface area contributed by atoms with Crippen LogP contribution in [0, 0.1) is 0 Å². The number of rotatable bonds is 0. The lowest BCUT2D eigenvalue weighted by Crippen LogP contribution is -2.33. The Bertz CT molecular complexity index is 140. The first-order valence-electron chi connectivity index (χ1n) is 2.12. The summed E-state index contributed by atoms with van der Waals surface area (Å²) in [5.74, 6) is -1.07. The van der Waals surface area contributed by atoms with Gasteiger partial charge in [-0.15, -0.1) is 0 Å². The smallest absolute Gasteiger partial charge is 0.372 e. The normalized spacial score (nSPS) is 18.3. The molecule has 1 aliphatic heterocycles. The van der Waals surface area contributed by atoms with Crippen LogP contribution in [0.15, 0.2) is 5.16 Å². The molecule has 1 heterocycles. The van der Waals surface area contributed by atoms with E-state index in [4.69, 9.17) is 0 Å². The van der Waals surface area contributed by atoms with Crippen LogP contribution in [-0.4, -0.2) is 18.7 Å². The number of oxime groups is 1. The van der Waals surface area contributed by atoms with Gasteiger partial charge in [-0.05, 0) is 0 Å². The lowest BCUT2D eigenvalue weighted by molar-refractivity contribution is -0.0614. The Morgan fingerprint density at radius 1 is 1.56 bits per heavy atom. The molecule has 0 saturated heterocycles. The predicted molar refractivity (Wildman–Crippen MR) is 22.6 cm³/mol. The Labute approximate surface area is 48.5 Å². The molecule has 9 heavy (non-hydrogen) atoms. The third-order valence-corrected chi connectivity index (χ3v) is 0.729. The van der Waals surface area contributed by atoms with Crippen molar-refractivity contribution in [2.75, 3.05) is 6.73 Å². The number of hydrogen-bond acceptors (Lipinski definition) is 3. The van der Waals surface area contributed by atoms with Crippen molar-refractivity contribution in [3.05, 3.63) is 0 Å².